The molecule has 144 valence electrons. The van der Waals surface area contributed by atoms with Crippen LogP contribution in [0.1, 0.15) is 51.2 Å². The van der Waals surface area contributed by atoms with E-state index < -0.39 is 0 Å². The van der Waals surface area contributed by atoms with E-state index >= 15 is 0 Å². The van der Waals surface area contributed by atoms with Crippen molar-refractivity contribution < 1.29 is 4.79 Å². The molecule has 0 aliphatic carbocycles. The molecular weight excluding hydrogens is 360 g/mol. The van der Waals surface area contributed by atoms with Gasteiger partial charge in [-0.05, 0) is 26.8 Å². The maximum Gasteiger partial charge on any atom is 0.265 e. The summed E-state index contributed by atoms with van der Waals surface area (Å²) in [6.07, 6.45) is 2.95. The summed E-state index contributed by atoms with van der Waals surface area (Å²) in [5.74, 6) is 2.09. The van der Waals surface area contributed by atoms with Crippen LogP contribution in [-0.4, -0.2) is 64.4 Å². The van der Waals surface area contributed by atoms with Crippen molar-refractivity contribution in [3.8, 4) is 0 Å². The number of carbonyl (C=O) groups is 1. The van der Waals surface area contributed by atoms with Gasteiger partial charge >= 0.3 is 0 Å². The Labute approximate surface area is 163 Å². The smallest absolute Gasteiger partial charge is 0.265 e. The Hall–Kier alpha value is -2.06. The van der Waals surface area contributed by atoms with E-state index in [2.05, 4.69) is 22.2 Å². The topological polar surface area (TPSA) is 74.2 Å². The van der Waals surface area contributed by atoms with E-state index in [0.717, 1.165) is 66.8 Å². The summed E-state index contributed by atoms with van der Waals surface area (Å²) in [5.41, 5.74) is 4.93. The molecule has 1 N–H and O–H groups in total. The van der Waals surface area contributed by atoms with E-state index in [1.54, 1.807) is 5.51 Å². The molecule has 1 atom stereocenters. The number of amides is 1. The number of rotatable bonds is 3. The van der Waals surface area contributed by atoms with Gasteiger partial charge in [0, 0.05) is 51.1 Å². The second kappa shape index (κ2) is 7.52. The number of piperidine rings is 1. The van der Waals surface area contributed by atoms with E-state index in [0.29, 0.717) is 6.54 Å². The quantitative estimate of drug-likeness (QED) is 0.872. The third-order valence-corrected chi connectivity index (χ3v) is 6.44. The summed E-state index contributed by atoms with van der Waals surface area (Å²) in [6.45, 7) is 5.27. The summed E-state index contributed by atoms with van der Waals surface area (Å²) < 4.78 is 0. The molecule has 2 aromatic rings. The molecule has 8 heteroatoms. The Kier molecular flexibility index (Phi) is 5.10. The number of nitrogens with zero attached hydrogens (tertiary/aromatic N) is 5. The number of aryl methyl sites for hydroxylation is 1. The maximum atomic E-state index is 12.9. The van der Waals surface area contributed by atoms with Crippen LogP contribution in [0.25, 0.3) is 0 Å². The highest BCUT2D eigenvalue weighted by Gasteiger charge is 2.30. The SMILES string of the molecule is CNc1nc(C2CCCN(C(=O)c3scnc3C)C2)nc2c1CN(C)CC2. The van der Waals surface area contributed by atoms with Gasteiger partial charge in [0.25, 0.3) is 5.91 Å². The Morgan fingerprint density at radius 2 is 2.19 bits per heavy atom. The van der Waals surface area contributed by atoms with Crippen molar-refractivity contribution in [3.05, 3.63) is 33.2 Å². The van der Waals surface area contributed by atoms with Gasteiger partial charge in [-0.2, -0.15) is 0 Å². The third-order valence-electron chi connectivity index (χ3n) is 5.52. The largest absolute Gasteiger partial charge is 0.373 e. The summed E-state index contributed by atoms with van der Waals surface area (Å²) in [5, 5.41) is 3.25. The molecule has 1 fully saturated rings. The Morgan fingerprint density at radius 1 is 1.33 bits per heavy atom. The van der Waals surface area contributed by atoms with Gasteiger partial charge < -0.3 is 15.1 Å². The fraction of sp³-hybridized carbons (Fsp3) is 0.579. The molecule has 2 aromatic heterocycles. The van der Waals surface area contributed by atoms with Gasteiger partial charge in [0.05, 0.1) is 16.9 Å². The highest BCUT2D eigenvalue weighted by molar-refractivity contribution is 7.11. The minimum atomic E-state index is 0.0909. The predicted octanol–water partition coefficient (Wildman–Crippen LogP) is 2.29. The van der Waals surface area contributed by atoms with Crippen molar-refractivity contribution in [2.75, 3.05) is 39.0 Å². The van der Waals surface area contributed by atoms with E-state index in [1.165, 1.54) is 16.9 Å². The first-order valence-corrected chi connectivity index (χ1v) is 10.4. The van der Waals surface area contributed by atoms with Gasteiger partial charge in [0.2, 0.25) is 0 Å². The molecule has 27 heavy (non-hydrogen) atoms. The zero-order valence-corrected chi connectivity index (χ0v) is 17.0. The van der Waals surface area contributed by atoms with Gasteiger partial charge in [0.1, 0.15) is 16.5 Å². The lowest BCUT2D eigenvalue weighted by Gasteiger charge is -2.33. The molecular formula is C19H26N6OS. The molecule has 2 aliphatic heterocycles. The molecule has 0 aromatic carbocycles. The normalized spacial score (nSPS) is 20.4. The van der Waals surface area contributed by atoms with Crippen molar-refractivity contribution in [2.24, 2.45) is 0 Å². The summed E-state index contributed by atoms with van der Waals surface area (Å²) in [6, 6.07) is 0. The third kappa shape index (κ3) is 3.55. The number of thiazole rings is 1. The first kappa shape index (κ1) is 18.3. The van der Waals surface area contributed by atoms with Gasteiger partial charge in [-0.1, -0.05) is 0 Å². The average molecular weight is 387 g/mol. The molecule has 0 radical (unpaired) electrons. The average Bonchev–Trinajstić information content (AvgIpc) is 3.12. The predicted molar refractivity (Wildman–Crippen MR) is 106 cm³/mol. The molecule has 1 amide bonds. The lowest BCUT2D eigenvalue weighted by atomic mass is 9.96. The number of anilines is 1. The molecule has 0 spiro atoms. The lowest BCUT2D eigenvalue weighted by Crippen LogP contribution is -2.39. The van der Waals surface area contributed by atoms with Crippen molar-refractivity contribution in [1.29, 1.82) is 0 Å². The number of likely N-dealkylation sites (tertiary alicyclic amines) is 1. The standard InChI is InChI=1S/C19H26N6OS/c1-12-16(27-11-21-12)19(26)25-7-4-5-13(9-25)17-22-15-6-8-24(3)10-14(15)18(20-2)23-17/h11,13H,4-10H2,1-3H3,(H,20,22,23). The molecule has 7 nitrogen and oxygen atoms in total. The molecule has 2 aliphatic rings. The van der Waals surface area contributed by atoms with Crippen LogP contribution >= 0.6 is 11.3 Å². The summed E-state index contributed by atoms with van der Waals surface area (Å²) in [7, 11) is 4.05. The highest BCUT2D eigenvalue weighted by atomic mass is 32.1. The molecule has 1 saturated heterocycles. The summed E-state index contributed by atoms with van der Waals surface area (Å²) in [4.78, 5) is 31.9. The van der Waals surface area contributed by atoms with Gasteiger partial charge in [-0.25, -0.2) is 15.0 Å². The van der Waals surface area contributed by atoms with Crippen molar-refractivity contribution in [3.63, 3.8) is 0 Å². The Balaban J connectivity index is 1.58. The van der Waals surface area contributed by atoms with E-state index in [4.69, 9.17) is 9.97 Å². The Bertz CT molecular complexity index is 833. The van der Waals surface area contributed by atoms with Crippen molar-refractivity contribution >= 4 is 23.1 Å². The number of hydrogen-bond acceptors (Lipinski definition) is 7. The van der Waals surface area contributed by atoms with E-state index in [1.807, 2.05) is 18.9 Å². The van der Waals surface area contributed by atoms with Gasteiger partial charge in [-0.15, -0.1) is 11.3 Å². The first-order chi connectivity index (χ1) is 13.1. The maximum absolute atomic E-state index is 12.9. The monoisotopic (exact) mass is 386 g/mol. The minimum absolute atomic E-state index is 0.0909. The van der Waals surface area contributed by atoms with Crippen LogP contribution < -0.4 is 5.32 Å². The zero-order chi connectivity index (χ0) is 19.0. The fourth-order valence-electron chi connectivity index (χ4n) is 3.98. The number of aromatic nitrogens is 3. The van der Waals surface area contributed by atoms with E-state index in [-0.39, 0.29) is 11.8 Å². The van der Waals surface area contributed by atoms with Crippen molar-refractivity contribution in [1.82, 2.24) is 24.8 Å². The second-order valence-corrected chi connectivity index (χ2v) is 8.31. The van der Waals surface area contributed by atoms with Crippen LogP contribution in [0.4, 0.5) is 5.82 Å². The molecule has 0 saturated carbocycles. The molecule has 4 heterocycles. The van der Waals surface area contributed by atoms with Crippen LogP contribution in [-0.2, 0) is 13.0 Å². The second-order valence-electron chi connectivity index (χ2n) is 7.45. The fourth-order valence-corrected chi connectivity index (χ4v) is 4.75. The van der Waals surface area contributed by atoms with Crippen LogP contribution in [0.15, 0.2) is 5.51 Å². The number of likely N-dealkylation sites (N-methyl/N-ethyl adjacent to an activating group) is 1. The number of hydrogen-bond donors (Lipinski definition) is 1. The summed E-state index contributed by atoms with van der Waals surface area (Å²) >= 11 is 1.42. The van der Waals surface area contributed by atoms with Crippen molar-refractivity contribution in [2.45, 2.75) is 38.6 Å². The van der Waals surface area contributed by atoms with Crippen LogP contribution in [0.3, 0.4) is 0 Å². The highest BCUT2D eigenvalue weighted by Crippen LogP contribution is 2.30. The minimum Gasteiger partial charge on any atom is -0.373 e. The van der Waals surface area contributed by atoms with Crippen LogP contribution in [0.5, 0.6) is 0 Å². The molecule has 4 rings (SSSR count). The molecule has 0 bridgehead atoms. The van der Waals surface area contributed by atoms with E-state index in [9.17, 15) is 4.79 Å². The lowest BCUT2D eigenvalue weighted by molar-refractivity contribution is 0.0708. The zero-order valence-electron chi connectivity index (χ0n) is 16.2. The first-order valence-electron chi connectivity index (χ1n) is 9.52. The number of fused-ring (bicyclic) bond motifs is 1. The molecule has 1 unspecified atom stereocenters. The van der Waals surface area contributed by atoms with Crippen LogP contribution in [0, 0.1) is 6.92 Å². The number of carbonyl (C=O) groups excluding carboxylic acids is 1. The number of nitrogens with one attached hydrogen (secondary N) is 1. The van der Waals surface area contributed by atoms with Gasteiger partial charge in [0.15, 0.2) is 0 Å². The van der Waals surface area contributed by atoms with Crippen LogP contribution in [0.2, 0.25) is 0 Å². The van der Waals surface area contributed by atoms with Gasteiger partial charge in [-0.3, -0.25) is 4.79 Å². The Morgan fingerprint density at radius 3 is 2.93 bits per heavy atom.